The maximum absolute atomic E-state index is 12.0. The monoisotopic (exact) mass is 289 g/mol. The lowest BCUT2D eigenvalue weighted by Crippen LogP contribution is -2.19. The minimum Gasteiger partial charge on any atom is -0.351 e. The average molecular weight is 290 g/mol. The third-order valence-electron chi connectivity index (χ3n) is 2.54. The van der Waals surface area contributed by atoms with Crippen LogP contribution in [-0.2, 0) is 0 Å². The molecule has 0 aliphatic rings. The maximum Gasteiger partial charge on any atom is 0.316 e. The van der Waals surface area contributed by atoms with Gasteiger partial charge in [0.25, 0.3) is 5.91 Å². The fraction of sp³-hybridized carbons (Fsp3) is 0. The molecule has 102 valence electrons. The van der Waals surface area contributed by atoms with Gasteiger partial charge in [-0.3, -0.25) is 4.79 Å². The molecule has 0 spiro atoms. The normalized spacial score (nSPS) is 9.85. The summed E-state index contributed by atoms with van der Waals surface area (Å²) >= 11 is 5.96. The maximum atomic E-state index is 12.0. The molecule has 0 bridgehead atoms. The van der Waals surface area contributed by atoms with Crippen molar-refractivity contribution in [3.05, 3.63) is 59.1 Å². The fourth-order valence-corrected chi connectivity index (χ4v) is 1.79. The van der Waals surface area contributed by atoms with E-state index in [9.17, 15) is 9.59 Å². The van der Waals surface area contributed by atoms with Gasteiger partial charge in [-0.2, -0.15) is 0 Å². The van der Waals surface area contributed by atoms with Gasteiger partial charge in [0.05, 0.1) is 10.7 Å². The van der Waals surface area contributed by atoms with E-state index < -0.39 is 6.03 Å². The molecule has 0 saturated carbocycles. The van der Waals surface area contributed by atoms with Crippen molar-refractivity contribution in [3.63, 3.8) is 0 Å². The number of primary amides is 1. The second kappa shape index (κ2) is 6.08. The van der Waals surface area contributed by atoms with Gasteiger partial charge in [0.15, 0.2) is 0 Å². The summed E-state index contributed by atoms with van der Waals surface area (Å²) in [6.07, 6.45) is 0. The summed E-state index contributed by atoms with van der Waals surface area (Å²) in [5.74, 6) is -0.288. The van der Waals surface area contributed by atoms with Crippen molar-refractivity contribution < 1.29 is 9.59 Å². The Morgan fingerprint density at radius 3 is 2.20 bits per heavy atom. The summed E-state index contributed by atoms with van der Waals surface area (Å²) in [4.78, 5) is 22.7. The van der Waals surface area contributed by atoms with E-state index in [0.29, 0.717) is 22.0 Å². The van der Waals surface area contributed by atoms with Gasteiger partial charge in [-0.25, -0.2) is 4.79 Å². The van der Waals surface area contributed by atoms with Crippen molar-refractivity contribution in [2.24, 2.45) is 5.73 Å². The average Bonchev–Trinajstić information content (AvgIpc) is 2.41. The predicted molar refractivity (Wildman–Crippen MR) is 79.1 cm³/mol. The van der Waals surface area contributed by atoms with E-state index in [2.05, 4.69) is 10.6 Å². The highest BCUT2D eigenvalue weighted by molar-refractivity contribution is 6.33. The molecule has 0 unspecified atom stereocenters. The summed E-state index contributed by atoms with van der Waals surface area (Å²) in [5, 5.41) is 5.59. The van der Waals surface area contributed by atoms with Crippen LogP contribution in [0, 0.1) is 0 Å². The summed E-state index contributed by atoms with van der Waals surface area (Å²) in [6.45, 7) is 0. The third-order valence-corrected chi connectivity index (χ3v) is 2.87. The third kappa shape index (κ3) is 3.49. The van der Waals surface area contributed by atoms with Crippen molar-refractivity contribution in [3.8, 4) is 0 Å². The number of carbonyl (C=O) groups is 2. The molecule has 0 aromatic heterocycles. The quantitative estimate of drug-likeness (QED) is 0.811. The largest absolute Gasteiger partial charge is 0.351 e. The van der Waals surface area contributed by atoms with Crippen LogP contribution in [0.3, 0.4) is 0 Å². The smallest absolute Gasteiger partial charge is 0.316 e. The molecule has 0 saturated heterocycles. The Morgan fingerprint density at radius 1 is 0.950 bits per heavy atom. The minimum absolute atomic E-state index is 0.288. The van der Waals surface area contributed by atoms with Crippen LogP contribution in [-0.4, -0.2) is 11.9 Å². The summed E-state index contributed by atoms with van der Waals surface area (Å²) in [7, 11) is 0. The zero-order chi connectivity index (χ0) is 14.5. The zero-order valence-corrected chi connectivity index (χ0v) is 11.1. The number of amides is 3. The Bertz CT molecular complexity index is 641. The first-order valence-corrected chi connectivity index (χ1v) is 6.16. The number of anilines is 2. The molecule has 2 rings (SSSR count). The molecular formula is C14H12ClN3O2. The van der Waals surface area contributed by atoms with E-state index in [0.717, 1.165) is 0 Å². The Balaban J connectivity index is 2.10. The number of carbonyl (C=O) groups excluding carboxylic acids is 2. The fourth-order valence-electron chi connectivity index (χ4n) is 1.60. The van der Waals surface area contributed by atoms with Crippen LogP contribution < -0.4 is 16.4 Å². The van der Waals surface area contributed by atoms with Crippen LogP contribution >= 0.6 is 11.6 Å². The van der Waals surface area contributed by atoms with Crippen molar-refractivity contribution in [2.75, 3.05) is 10.6 Å². The van der Waals surface area contributed by atoms with E-state index in [-0.39, 0.29) is 5.91 Å². The molecule has 3 amide bonds. The molecule has 2 aromatic rings. The number of nitrogens with one attached hydrogen (secondary N) is 2. The first kappa shape index (κ1) is 13.9. The van der Waals surface area contributed by atoms with Crippen LogP contribution in [0.25, 0.3) is 0 Å². The number of benzene rings is 2. The molecule has 2 aromatic carbocycles. The van der Waals surface area contributed by atoms with Crippen molar-refractivity contribution in [2.45, 2.75) is 0 Å². The molecule has 20 heavy (non-hydrogen) atoms. The molecule has 0 aliphatic heterocycles. The van der Waals surface area contributed by atoms with Crippen LogP contribution in [0.5, 0.6) is 0 Å². The number of hydrogen-bond acceptors (Lipinski definition) is 2. The molecule has 4 N–H and O–H groups in total. The number of hydrogen-bond donors (Lipinski definition) is 3. The zero-order valence-electron chi connectivity index (χ0n) is 10.4. The van der Waals surface area contributed by atoms with E-state index in [1.807, 2.05) is 0 Å². The SMILES string of the molecule is NC(=O)Nc1ccc(C(=O)Nc2ccccc2Cl)cc1. The summed E-state index contributed by atoms with van der Waals surface area (Å²) in [6, 6.07) is 12.6. The lowest BCUT2D eigenvalue weighted by Gasteiger charge is -2.07. The first-order valence-electron chi connectivity index (χ1n) is 5.78. The number of nitrogens with two attached hydrogens (primary N) is 1. The second-order valence-corrected chi connectivity index (χ2v) is 4.41. The van der Waals surface area contributed by atoms with Gasteiger partial charge in [0, 0.05) is 11.3 Å². The molecule has 0 fully saturated rings. The molecule has 0 atom stereocenters. The number of para-hydroxylation sites is 1. The molecule has 6 heteroatoms. The van der Waals surface area contributed by atoms with Crippen molar-refractivity contribution in [1.82, 2.24) is 0 Å². The van der Waals surface area contributed by atoms with Gasteiger partial charge in [0.1, 0.15) is 0 Å². The van der Waals surface area contributed by atoms with Crippen molar-refractivity contribution in [1.29, 1.82) is 0 Å². The first-order chi connectivity index (χ1) is 9.56. The highest BCUT2D eigenvalue weighted by Gasteiger charge is 2.08. The topological polar surface area (TPSA) is 84.2 Å². The number of rotatable bonds is 3. The van der Waals surface area contributed by atoms with Gasteiger partial charge in [-0.05, 0) is 36.4 Å². The molecule has 5 nitrogen and oxygen atoms in total. The number of halogens is 1. The minimum atomic E-state index is -0.654. The Kier molecular flexibility index (Phi) is 4.22. The van der Waals surface area contributed by atoms with Crippen LogP contribution in [0.15, 0.2) is 48.5 Å². The molecule has 0 radical (unpaired) electrons. The van der Waals surface area contributed by atoms with E-state index in [1.165, 1.54) is 0 Å². The number of urea groups is 1. The highest BCUT2D eigenvalue weighted by atomic mass is 35.5. The van der Waals surface area contributed by atoms with E-state index in [1.54, 1.807) is 48.5 Å². The van der Waals surface area contributed by atoms with Gasteiger partial charge in [-0.1, -0.05) is 23.7 Å². The second-order valence-electron chi connectivity index (χ2n) is 4.00. The van der Waals surface area contributed by atoms with E-state index >= 15 is 0 Å². The van der Waals surface area contributed by atoms with Crippen LogP contribution in [0.4, 0.5) is 16.2 Å². The lowest BCUT2D eigenvalue weighted by atomic mass is 10.2. The standard InChI is InChI=1S/C14H12ClN3O2/c15-11-3-1-2-4-12(11)18-13(19)9-5-7-10(8-6-9)17-14(16)20/h1-8H,(H,18,19)(H3,16,17,20). The highest BCUT2D eigenvalue weighted by Crippen LogP contribution is 2.21. The van der Waals surface area contributed by atoms with E-state index in [4.69, 9.17) is 17.3 Å². The van der Waals surface area contributed by atoms with Crippen LogP contribution in [0.2, 0.25) is 5.02 Å². The summed E-state index contributed by atoms with van der Waals surface area (Å²) in [5.41, 5.74) is 6.50. The molecule has 0 aliphatic carbocycles. The predicted octanol–water partition coefficient (Wildman–Crippen LogP) is 3.08. The van der Waals surface area contributed by atoms with Crippen molar-refractivity contribution >= 4 is 34.9 Å². The summed E-state index contributed by atoms with van der Waals surface area (Å²) < 4.78 is 0. The van der Waals surface area contributed by atoms with Gasteiger partial charge < -0.3 is 16.4 Å². The Hall–Kier alpha value is -2.53. The van der Waals surface area contributed by atoms with Gasteiger partial charge in [-0.15, -0.1) is 0 Å². The van der Waals surface area contributed by atoms with Gasteiger partial charge in [0.2, 0.25) is 0 Å². The Labute approximate surface area is 120 Å². The molecule has 0 heterocycles. The molecular weight excluding hydrogens is 278 g/mol. The Morgan fingerprint density at radius 2 is 1.60 bits per heavy atom. The van der Waals surface area contributed by atoms with Crippen LogP contribution in [0.1, 0.15) is 10.4 Å². The van der Waals surface area contributed by atoms with Gasteiger partial charge >= 0.3 is 6.03 Å². The lowest BCUT2D eigenvalue weighted by molar-refractivity contribution is 0.102.